The molecule has 0 spiro atoms. The van der Waals surface area contributed by atoms with Gasteiger partial charge in [-0.1, -0.05) is 17.7 Å². The maximum atomic E-state index is 12.3. The molecule has 0 atom stereocenters. The van der Waals surface area contributed by atoms with Crippen molar-refractivity contribution in [2.24, 2.45) is 0 Å². The molecule has 2 rings (SSSR count). The van der Waals surface area contributed by atoms with E-state index in [1.54, 1.807) is 12.1 Å². The molecule has 0 fully saturated rings. The van der Waals surface area contributed by atoms with Gasteiger partial charge in [0.25, 0.3) is 10.0 Å². The Labute approximate surface area is 128 Å². The second-order valence-corrected chi connectivity index (χ2v) is 6.51. The van der Waals surface area contributed by atoms with Crippen molar-refractivity contribution >= 4 is 33.0 Å². The molecule has 0 unspecified atom stereocenters. The van der Waals surface area contributed by atoms with E-state index in [2.05, 4.69) is 4.72 Å². The molecule has 0 amide bonds. The van der Waals surface area contributed by atoms with E-state index in [1.807, 2.05) is 13.0 Å². The third-order valence-corrected chi connectivity index (χ3v) is 4.58. The molecule has 0 radical (unpaired) electrons. The third-order valence-electron chi connectivity index (χ3n) is 2.79. The van der Waals surface area contributed by atoms with Crippen molar-refractivity contribution in [1.82, 2.24) is 0 Å². The zero-order valence-electron chi connectivity index (χ0n) is 11.1. The first-order chi connectivity index (χ1) is 9.83. The van der Waals surface area contributed by atoms with Crippen molar-refractivity contribution in [3.05, 3.63) is 52.5 Å². The lowest BCUT2D eigenvalue weighted by atomic mass is 10.2. The Morgan fingerprint density at radius 2 is 1.95 bits per heavy atom. The number of rotatable bonds is 3. The molecule has 0 aromatic heterocycles. The molecule has 0 aliphatic heterocycles. The summed E-state index contributed by atoms with van der Waals surface area (Å²) in [6.07, 6.45) is 0. The average molecular weight is 322 g/mol. The molecule has 2 aromatic rings. The lowest BCUT2D eigenvalue weighted by Gasteiger charge is -2.11. The van der Waals surface area contributed by atoms with Crippen LogP contribution in [0.3, 0.4) is 0 Å². The highest BCUT2D eigenvalue weighted by molar-refractivity contribution is 7.92. The van der Waals surface area contributed by atoms with Crippen molar-refractivity contribution in [1.29, 1.82) is 5.26 Å². The number of aryl methyl sites for hydroxylation is 1. The van der Waals surface area contributed by atoms with E-state index in [0.29, 0.717) is 0 Å². The number of hydrogen-bond donors (Lipinski definition) is 2. The van der Waals surface area contributed by atoms with Crippen LogP contribution in [0.4, 0.5) is 11.4 Å². The van der Waals surface area contributed by atoms with Crippen LogP contribution >= 0.6 is 11.6 Å². The maximum Gasteiger partial charge on any atom is 0.263 e. The summed E-state index contributed by atoms with van der Waals surface area (Å²) in [4.78, 5) is -0.0124. The third kappa shape index (κ3) is 3.27. The number of sulfonamides is 1. The fourth-order valence-corrected chi connectivity index (χ4v) is 3.12. The number of nitrogens with two attached hydrogens (primary N) is 1. The van der Waals surface area contributed by atoms with Gasteiger partial charge >= 0.3 is 0 Å². The summed E-state index contributed by atoms with van der Waals surface area (Å²) in [7, 11) is -3.83. The smallest absolute Gasteiger partial charge is 0.263 e. The lowest BCUT2D eigenvalue weighted by Crippen LogP contribution is -2.15. The van der Waals surface area contributed by atoms with Crippen LogP contribution in [0.15, 0.2) is 41.3 Å². The van der Waals surface area contributed by atoms with Crippen LogP contribution in [0.2, 0.25) is 5.02 Å². The van der Waals surface area contributed by atoms with Gasteiger partial charge in [0.2, 0.25) is 0 Å². The fraction of sp³-hybridized carbons (Fsp3) is 0.0714. The van der Waals surface area contributed by atoms with Gasteiger partial charge < -0.3 is 5.73 Å². The molecule has 0 saturated carbocycles. The molecule has 108 valence electrons. The Morgan fingerprint density at radius 1 is 1.24 bits per heavy atom. The second kappa shape index (κ2) is 5.64. The first-order valence-electron chi connectivity index (χ1n) is 5.92. The first-order valence-corrected chi connectivity index (χ1v) is 7.78. The van der Waals surface area contributed by atoms with Gasteiger partial charge in [0, 0.05) is 0 Å². The van der Waals surface area contributed by atoms with Crippen LogP contribution in [-0.2, 0) is 10.0 Å². The topological polar surface area (TPSA) is 96.0 Å². The molecular formula is C14H12ClN3O2S. The summed E-state index contributed by atoms with van der Waals surface area (Å²) >= 11 is 5.81. The van der Waals surface area contributed by atoms with Gasteiger partial charge in [-0.25, -0.2) is 8.42 Å². The summed E-state index contributed by atoms with van der Waals surface area (Å²) in [5.74, 6) is 0. The van der Waals surface area contributed by atoms with E-state index < -0.39 is 10.0 Å². The van der Waals surface area contributed by atoms with E-state index >= 15 is 0 Å². The number of nitrogens with one attached hydrogen (secondary N) is 1. The molecule has 2 aromatic carbocycles. The van der Waals surface area contributed by atoms with E-state index in [1.165, 1.54) is 24.3 Å². The standard InChI is InChI=1S/C14H12ClN3O2S/c1-9-2-5-14(13(17)6-9)21(19,20)18-11-3-4-12(15)10(7-11)8-16/h2-7,18H,17H2,1H3. The van der Waals surface area contributed by atoms with Crippen LogP contribution in [0.5, 0.6) is 0 Å². The van der Waals surface area contributed by atoms with Crippen molar-refractivity contribution in [2.75, 3.05) is 10.5 Å². The number of hydrogen-bond acceptors (Lipinski definition) is 4. The Hall–Kier alpha value is -2.23. The summed E-state index contributed by atoms with van der Waals surface area (Å²) in [5.41, 5.74) is 7.21. The van der Waals surface area contributed by atoms with Crippen LogP contribution in [0.25, 0.3) is 0 Å². The maximum absolute atomic E-state index is 12.3. The van der Waals surface area contributed by atoms with Gasteiger partial charge in [-0.2, -0.15) is 5.26 Å². The average Bonchev–Trinajstić information content (AvgIpc) is 2.40. The molecule has 21 heavy (non-hydrogen) atoms. The molecule has 0 aliphatic carbocycles. The first kappa shape index (κ1) is 15.2. The Balaban J connectivity index is 2.40. The molecule has 0 saturated heterocycles. The molecule has 3 N–H and O–H groups in total. The molecule has 7 heteroatoms. The number of anilines is 2. The van der Waals surface area contributed by atoms with E-state index in [9.17, 15) is 8.42 Å². The number of nitrogen functional groups attached to an aromatic ring is 1. The van der Waals surface area contributed by atoms with Gasteiger partial charge in [0.15, 0.2) is 0 Å². The van der Waals surface area contributed by atoms with Crippen molar-refractivity contribution < 1.29 is 8.42 Å². The van der Waals surface area contributed by atoms with Crippen molar-refractivity contribution in [3.8, 4) is 6.07 Å². The van der Waals surface area contributed by atoms with Gasteiger partial charge in [-0.05, 0) is 42.8 Å². The van der Waals surface area contributed by atoms with Crippen molar-refractivity contribution in [3.63, 3.8) is 0 Å². The van der Waals surface area contributed by atoms with Crippen molar-refractivity contribution in [2.45, 2.75) is 11.8 Å². The molecular weight excluding hydrogens is 310 g/mol. The zero-order chi connectivity index (χ0) is 15.6. The highest BCUT2D eigenvalue weighted by Gasteiger charge is 2.18. The zero-order valence-corrected chi connectivity index (χ0v) is 12.7. The summed E-state index contributed by atoms with van der Waals surface area (Å²) in [5, 5.41) is 9.16. The van der Waals surface area contributed by atoms with Crippen LogP contribution < -0.4 is 10.5 Å². The van der Waals surface area contributed by atoms with Gasteiger partial charge in [-0.3, -0.25) is 4.72 Å². The second-order valence-electron chi connectivity index (χ2n) is 4.45. The molecule has 0 aliphatic rings. The van der Waals surface area contributed by atoms with Gasteiger partial charge in [-0.15, -0.1) is 0 Å². The quantitative estimate of drug-likeness (QED) is 0.849. The Morgan fingerprint density at radius 3 is 2.57 bits per heavy atom. The normalized spacial score (nSPS) is 10.9. The van der Waals surface area contributed by atoms with Crippen LogP contribution in [0.1, 0.15) is 11.1 Å². The SMILES string of the molecule is Cc1ccc(S(=O)(=O)Nc2ccc(Cl)c(C#N)c2)c(N)c1. The van der Waals surface area contributed by atoms with E-state index in [0.717, 1.165) is 5.56 Å². The molecule has 0 heterocycles. The number of halogens is 1. The van der Waals surface area contributed by atoms with Gasteiger partial charge in [0.05, 0.1) is 22.0 Å². The molecule has 0 bridgehead atoms. The minimum absolute atomic E-state index is 0.0124. The highest BCUT2D eigenvalue weighted by Crippen LogP contribution is 2.25. The summed E-state index contributed by atoms with van der Waals surface area (Å²) in [6.45, 7) is 1.82. The minimum Gasteiger partial charge on any atom is -0.398 e. The highest BCUT2D eigenvalue weighted by atomic mass is 35.5. The Kier molecular flexibility index (Phi) is 4.07. The molecule has 5 nitrogen and oxygen atoms in total. The van der Waals surface area contributed by atoms with E-state index in [4.69, 9.17) is 22.6 Å². The van der Waals surface area contributed by atoms with Gasteiger partial charge in [0.1, 0.15) is 11.0 Å². The van der Waals surface area contributed by atoms with Crippen LogP contribution in [0, 0.1) is 18.3 Å². The fourth-order valence-electron chi connectivity index (χ4n) is 1.80. The summed E-state index contributed by atoms with van der Waals surface area (Å²) < 4.78 is 27.0. The number of benzene rings is 2. The van der Waals surface area contributed by atoms with E-state index in [-0.39, 0.29) is 26.9 Å². The number of nitriles is 1. The summed E-state index contributed by atoms with van der Waals surface area (Å²) in [6, 6.07) is 10.9. The predicted molar refractivity (Wildman–Crippen MR) is 82.6 cm³/mol. The number of nitrogens with zero attached hydrogens (tertiary/aromatic N) is 1. The predicted octanol–water partition coefficient (Wildman–Crippen LogP) is 2.90. The Bertz CT molecular complexity index is 842. The lowest BCUT2D eigenvalue weighted by molar-refractivity contribution is 0.601. The minimum atomic E-state index is -3.83. The largest absolute Gasteiger partial charge is 0.398 e. The monoisotopic (exact) mass is 321 g/mol. The van der Waals surface area contributed by atoms with Crippen LogP contribution in [-0.4, -0.2) is 8.42 Å².